The zero-order chi connectivity index (χ0) is 17.7. The maximum atomic E-state index is 10.4. The van der Waals surface area contributed by atoms with Crippen molar-refractivity contribution >= 4 is 22.5 Å². The molecule has 3 N–H and O–H groups in total. The standard InChI is InChI=1S/C21H25NO3/c1-20(2,24)13-21(25-12-14-7-8-14)10-9-15-11-18(23)16-5-3-4-6-17(16)19(15)22-21/h3-6,9-11,14,22-24H,7-8,12-13H2,1-2H3. The fraction of sp³-hybridized carbons (Fsp3) is 0.429. The third-order valence-corrected chi connectivity index (χ3v) is 4.89. The monoisotopic (exact) mass is 339 g/mol. The van der Waals surface area contributed by atoms with E-state index >= 15 is 0 Å². The summed E-state index contributed by atoms with van der Waals surface area (Å²) in [6, 6.07) is 9.56. The number of fused-ring (bicyclic) bond motifs is 3. The maximum absolute atomic E-state index is 10.4. The molecule has 1 unspecified atom stereocenters. The van der Waals surface area contributed by atoms with E-state index in [0.717, 1.165) is 22.0 Å². The fourth-order valence-corrected chi connectivity index (χ4v) is 3.56. The van der Waals surface area contributed by atoms with Crippen LogP contribution in [0.5, 0.6) is 5.75 Å². The molecule has 0 amide bonds. The highest BCUT2D eigenvalue weighted by Crippen LogP contribution is 2.42. The van der Waals surface area contributed by atoms with Gasteiger partial charge in [0.25, 0.3) is 0 Å². The fourth-order valence-electron chi connectivity index (χ4n) is 3.56. The molecule has 0 aromatic heterocycles. The number of nitrogens with one attached hydrogen (secondary N) is 1. The summed E-state index contributed by atoms with van der Waals surface area (Å²) in [4.78, 5) is 0. The molecule has 4 heteroatoms. The summed E-state index contributed by atoms with van der Waals surface area (Å²) in [5.41, 5.74) is 0.257. The average Bonchev–Trinajstić information content (AvgIpc) is 3.37. The molecule has 1 heterocycles. The van der Waals surface area contributed by atoms with Crippen LogP contribution in [-0.4, -0.2) is 28.1 Å². The third kappa shape index (κ3) is 3.37. The summed E-state index contributed by atoms with van der Waals surface area (Å²) in [7, 11) is 0. The largest absolute Gasteiger partial charge is 0.507 e. The van der Waals surface area contributed by atoms with Crippen LogP contribution in [0.1, 0.15) is 38.7 Å². The molecule has 25 heavy (non-hydrogen) atoms. The van der Waals surface area contributed by atoms with E-state index in [2.05, 4.69) is 5.32 Å². The van der Waals surface area contributed by atoms with Crippen LogP contribution < -0.4 is 5.32 Å². The van der Waals surface area contributed by atoms with Gasteiger partial charge in [0.15, 0.2) is 5.72 Å². The van der Waals surface area contributed by atoms with Crippen molar-refractivity contribution in [3.05, 3.63) is 42.0 Å². The quantitative estimate of drug-likeness (QED) is 0.712. The Bertz CT molecular complexity index is 833. The molecule has 1 saturated carbocycles. The molecule has 0 spiro atoms. The summed E-state index contributed by atoms with van der Waals surface area (Å²) in [6.45, 7) is 4.29. The number of rotatable bonds is 5. The lowest BCUT2D eigenvalue weighted by molar-refractivity contribution is -0.0535. The number of aliphatic hydroxyl groups is 1. The van der Waals surface area contributed by atoms with Gasteiger partial charge in [-0.1, -0.05) is 30.3 Å². The van der Waals surface area contributed by atoms with Crippen LogP contribution in [-0.2, 0) is 4.74 Å². The van der Waals surface area contributed by atoms with Crippen molar-refractivity contribution in [3.8, 4) is 5.75 Å². The molecule has 0 bridgehead atoms. The van der Waals surface area contributed by atoms with Gasteiger partial charge in [-0.25, -0.2) is 0 Å². The number of hydrogen-bond acceptors (Lipinski definition) is 4. The van der Waals surface area contributed by atoms with Gasteiger partial charge in [0.1, 0.15) is 5.75 Å². The van der Waals surface area contributed by atoms with Crippen LogP contribution >= 0.6 is 0 Å². The van der Waals surface area contributed by atoms with E-state index in [1.54, 1.807) is 19.9 Å². The van der Waals surface area contributed by atoms with Gasteiger partial charge < -0.3 is 20.3 Å². The molecule has 1 aliphatic carbocycles. The summed E-state index contributed by atoms with van der Waals surface area (Å²) in [5.74, 6) is 0.904. The Morgan fingerprint density at radius 3 is 2.64 bits per heavy atom. The summed E-state index contributed by atoms with van der Waals surface area (Å²) < 4.78 is 6.29. The predicted octanol–water partition coefficient (Wildman–Crippen LogP) is 4.27. The SMILES string of the molecule is CC(C)(O)CC1(OCC2CC2)C=Cc2cc(O)c3ccccc3c2N1. The molecule has 0 radical (unpaired) electrons. The molecule has 1 fully saturated rings. The Morgan fingerprint density at radius 1 is 1.24 bits per heavy atom. The van der Waals surface area contributed by atoms with Crippen molar-refractivity contribution in [2.45, 2.75) is 44.4 Å². The first kappa shape index (κ1) is 16.4. The Hall–Kier alpha value is -2.04. The molecule has 1 atom stereocenters. The first-order chi connectivity index (χ1) is 11.9. The van der Waals surface area contributed by atoms with Crippen LogP contribution in [0.4, 0.5) is 5.69 Å². The zero-order valence-electron chi connectivity index (χ0n) is 14.7. The molecule has 4 nitrogen and oxygen atoms in total. The lowest BCUT2D eigenvalue weighted by Gasteiger charge is -2.40. The molecule has 1 aliphatic heterocycles. The van der Waals surface area contributed by atoms with Gasteiger partial charge in [-0.2, -0.15) is 0 Å². The van der Waals surface area contributed by atoms with Crippen LogP contribution in [0.3, 0.4) is 0 Å². The van der Waals surface area contributed by atoms with Gasteiger partial charge in [0.2, 0.25) is 0 Å². The first-order valence-electron chi connectivity index (χ1n) is 8.94. The lowest BCUT2D eigenvalue weighted by atomic mass is 9.90. The Kier molecular flexibility index (Phi) is 3.78. The van der Waals surface area contributed by atoms with Gasteiger partial charge in [-0.3, -0.25) is 0 Å². The van der Waals surface area contributed by atoms with Gasteiger partial charge in [-0.15, -0.1) is 0 Å². The van der Waals surface area contributed by atoms with Gasteiger partial charge >= 0.3 is 0 Å². The second-order valence-electron chi connectivity index (χ2n) is 8.00. The number of phenols is 1. The van der Waals surface area contributed by atoms with E-state index in [-0.39, 0.29) is 5.75 Å². The minimum absolute atomic E-state index is 0.273. The number of aromatic hydroxyl groups is 1. The van der Waals surface area contributed by atoms with Crippen LogP contribution in [0, 0.1) is 5.92 Å². The van der Waals surface area contributed by atoms with E-state index < -0.39 is 11.3 Å². The van der Waals surface area contributed by atoms with Crippen molar-refractivity contribution in [1.82, 2.24) is 0 Å². The lowest BCUT2D eigenvalue weighted by Crippen LogP contribution is -2.47. The van der Waals surface area contributed by atoms with E-state index in [9.17, 15) is 10.2 Å². The summed E-state index contributed by atoms with van der Waals surface area (Å²) in [5, 5.41) is 26.0. The number of anilines is 1. The number of benzene rings is 2. The van der Waals surface area contributed by atoms with Crippen molar-refractivity contribution in [2.75, 3.05) is 11.9 Å². The molecule has 2 aromatic rings. The van der Waals surface area contributed by atoms with E-state index in [1.165, 1.54) is 12.8 Å². The molecule has 2 aliphatic rings. The summed E-state index contributed by atoms with van der Waals surface area (Å²) >= 11 is 0. The molecule has 4 rings (SSSR count). The molecular formula is C21H25NO3. The Balaban J connectivity index is 1.76. The van der Waals surface area contributed by atoms with E-state index in [0.29, 0.717) is 18.9 Å². The van der Waals surface area contributed by atoms with Crippen molar-refractivity contribution < 1.29 is 14.9 Å². The van der Waals surface area contributed by atoms with Gasteiger partial charge in [0.05, 0.1) is 17.9 Å². The maximum Gasteiger partial charge on any atom is 0.161 e. The number of ether oxygens (including phenoxy) is 1. The van der Waals surface area contributed by atoms with Crippen LogP contribution in [0.15, 0.2) is 36.4 Å². The van der Waals surface area contributed by atoms with E-state index in [4.69, 9.17) is 4.74 Å². The van der Waals surface area contributed by atoms with Crippen LogP contribution in [0.25, 0.3) is 16.8 Å². The molecular weight excluding hydrogens is 314 g/mol. The highest BCUT2D eigenvalue weighted by Gasteiger charge is 2.39. The molecule has 132 valence electrons. The molecule has 0 saturated heterocycles. The number of phenolic OH excluding ortho intramolecular Hbond substituents is 1. The zero-order valence-corrected chi connectivity index (χ0v) is 14.7. The van der Waals surface area contributed by atoms with Crippen molar-refractivity contribution in [1.29, 1.82) is 0 Å². The molecule has 2 aromatic carbocycles. The van der Waals surface area contributed by atoms with Crippen molar-refractivity contribution in [2.24, 2.45) is 5.92 Å². The Morgan fingerprint density at radius 2 is 1.96 bits per heavy atom. The third-order valence-electron chi connectivity index (χ3n) is 4.89. The van der Waals surface area contributed by atoms with Gasteiger partial charge in [-0.05, 0) is 44.7 Å². The summed E-state index contributed by atoms with van der Waals surface area (Å²) in [6.07, 6.45) is 6.84. The second kappa shape index (κ2) is 5.75. The normalized spacial score (nSPS) is 22.7. The number of hydrogen-bond donors (Lipinski definition) is 3. The highest BCUT2D eigenvalue weighted by atomic mass is 16.5. The first-order valence-corrected chi connectivity index (χ1v) is 8.94. The predicted molar refractivity (Wildman–Crippen MR) is 101 cm³/mol. The second-order valence-corrected chi connectivity index (χ2v) is 8.00. The highest BCUT2D eigenvalue weighted by molar-refractivity contribution is 6.02. The smallest absolute Gasteiger partial charge is 0.161 e. The van der Waals surface area contributed by atoms with Crippen LogP contribution in [0.2, 0.25) is 0 Å². The Labute approximate surface area is 148 Å². The van der Waals surface area contributed by atoms with E-state index in [1.807, 2.05) is 36.4 Å². The van der Waals surface area contributed by atoms with Gasteiger partial charge in [0, 0.05) is 22.8 Å². The minimum Gasteiger partial charge on any atom is -0.507 e. The van der Waals surface area contributed by atoms with Crippen molar-refractivity contribution in [3.63, 3.8) is 0 Å². The topological polar surface area (TPSA) is 61.7 Å². The minimum atomic E-state index is -0.870. The average molecular weight is 339 g/mol.